The minimum Gasteiger partial charge on any atom is -0.507 e. The third-order valence-corrected chi connectivity index (χ3v) is 4.11. The summed E-state index contributed by atoms with van der Waals surface area (Å²) in [5.41, 5.74) is -0.885. The summed E-state index contributed by atoms with van der Waals surface area (Å²) in [7, 11) is 0. The van der Waals surface area contributed by atoms with Gasteiger partial charge >= 0.3 is 6.18 Å². The van der Waals surface area contributed by atoms with Crippen LogP contribution in [0.5, 0.6) is 5.75 Å². The molecule has 0 aromatic heterocycles. The van der Waals surface area contributed by atoms with Crippen LogP contribution in [0.1, 0.15) is 46.5 Å². The molecule has 0 aliphatic rings. The monoisotopic (exact) mass is 350 g/mol. The van der Waals surface area contributed by atoms with Crippen molar-refractivity contribution < 1.29 is 27.9 Å². The van der Waals surface area contributed by atoms with E-state index in [1.165, 1.54) is 12.1 Å². The lowest BCUT2D eigenvalue weighted by atomic mass is 9.93. The molecule has 0 bridgehead atoms. The van der Waals surface area contributed by atoms with Crippen LogP contribution in [-0.4, -0.2) is 17.2 Å². The topological polar surface area (TPSA) is 54.4 Å². The number of ketones is 1. The van der Waals surface area contributed by atoms with E-state index in [0.717, 1.165) is 6.07 Å². The molecule has 132 valence electrons. The molecule has 0 saturated carbocycles. The first-order valence-electron chi connectivity index (χ1n) is 7.73. The minimum atomic E-state index is -4.80. The van der Waals surface area contributed by atoms with Crippen LogP contribution in [-0.2, 0) is 6.18 Å². The lowest BCUT2D eigenvalue weighted by Gasteiger charge is -2.14. The van der Waals surface area contributed by atoms with Crippen LogP contribution in [0.15, 0.2) is 36.4 Å². The van der Waals surface area contributed by atoms with Crippen LogP contribution in [0.2, 0.25) is 0 Å². The van der Waals surface area contributed by atoms with E-state index >= 15 is 0 Å². The number of alkyl halides is 3. The Balaban J connectivity index is 2.59. The predicted molar refractivity (Wildman–Crippen MR) is 87.7 cm³/mol. The molecule has 0 heterocycles. The summed E-state index contributed by atoms with van der Waals surface area (Å²) in [6, 6.07) is 8.17. The van der Waals surface area contributed by atoms with Gasteiger partial charge in [-0.3, -0.25) is 9.59 Å². The number of phenolic OH excluding ortho intramolecular Hbond substituents is 1. The normalized spacial score (nSPS) is 12.7. The number of hydrogen-bond donors (Lipinski definition) is 1. The number of Topliss-reactive ketones (excluding diaryl/α,β-unsaturated/α-hetero) is 1. The highest BCUT2D eigenvalue weighted by molar-refractivity contribution is 5.98. The number of rotatable bonds is 5. The third kappa shape index (κ3) is 3.90. The molecule has 1 N–H and O–H groups in total. The van der Waals surface area contributed by atoms with Crippen molar-refractivity contribution in [2.75, 3.05) is 0 Å². The Labute approximate surface area is 143 Å². The molecule has 1 unspecified atom stereocenters. The Morgan fingerprint density at radius 3 is 2.44 bits per heavy atom. The second kappa shape index (κ2) is 7.09. The first kappa shape index (κ1) is 18.7. The summed E-state index contributed by atoms with van der Waals surface area (Å²) in [5, 5.41) is 9.64. The maximum absolute atomic E-state index is 13.1. The van der Waals surface area contributed by atoms with Crippen molar-refractivity contribution >= 4 is 12.1 Å². The van der Waals surface area contributed by atoms with Gasteiger partial charge in [-0.25, -0.2) is 0 Å². The van der Waals surface area contributed by atoms with E-state index in [2.05, 4.69) is 0 Å². The molecule has 25 heavy (non-hydrogen) atoms. The number of hydrogen-bond acceptors (Lipinski definition) is 3. The number of halogens is 3. The van der Waals surface area contributed by atoms with Gasteiger partial charge in [0.15, 0.2) is 12.1 Å². The molecule has 0 fully saturated rings. The Morgan fingerprint density at radius 1 is 1.20 bits per heavy atom. The number of benzene rings is 2. The fourth-order valence-corrected chi connectivity index (χ4v) is 2.45. The van der Waals surface area contributed by atoms with Gasteiger partial charge < -0.3 is 5.11 Å². The fourth-order valence-electron chi connectivity index (χ4n) is 2.45. The molecule has 0 radical (unpaired) electrons. The first-order chi connectivity index (χ1) is 11.7. The van der Waals surface area contributed by atoms with Gasteiger partial charge in [-0.2, -0.15) is 13.2 Å². The third-order valence-electron chi connectivity index (χ3n) is 4.11. The van der Waals surface area contributed by atoms with Crippen LogP contribution in [0.4, 0.5) is 13.2 Å². The zero-order valence-electron chi connectivity index (χ0n) is 13.7. The summed E-state index contributed by atoms with van der Waals surface area (Å²) in [4.78, 5) is 23.3. The number of aldehydes is 1. The summed E-state index contributed by atoms with van der Waals surface area (Å²) in [6.07, 6.45) is -3.99. The molecule has 0 spiro atoms. The van der Waals surface area contributed by atoms with Gasteiger partial charge in [0, 0.05) is 11.5 Å². The van der Waals surface area contributed by atoms with Crippen molar-refractivity contribution in [3.63, 3.8) is 0 Å². The lowest BCUT2D eigenvalue weighted by molar-refractivity contribution is -0.138. The van der Waals surface area contributed by atoms with E-state index in [1.807, 2.05) is 6.92 Å². The zero-order chi connectivity index (χ0) is 18.8. The van der Waals surface area contributed by atoms with Gasteiger partial charge in [0.25, 0.3) is 0 Å². The number of carbonyl (C=O) groups excluding carboxylic acids is 2. The molecule has 0 aliphatic carbocycles. The van der Waals surface area contributed by atoms with Gasteiger partial charge in [-0.1, -0.05) is 32.0 Å². The Hall–Kier alpha value is -2.63. The van der Waals surface area contributed by atoms with Crippen LogP contribution in [0, 0.1) is 5.92 Å². The summed E-state index contributed by atoms with van der Waals surface area (Å²) >= 11 is 0. The number of aromatic hydroxyl groups is 1. The van der Waals surface area contributed by atoms with Crippen LogP contribution in [0.3, 0.4) is 0 Å². The first-order valence-corrected chi connectivity index (χ1v) is 7.73. The van der Waals surface area contributed by atoms with Crippen molar-refractivity contribution in [3.05, 3.63) is 53.1 Å². The standard InChI is InChI=1S/C19H17F3O3/c1-3-11(2)17(24)13-6-4-5-12(7-13)14-8-15(10-23)18(25)16(9-14)19(20,21)22/h4-11,25H,3H2,1-2H3. The highest BCUT2D eigenvalue weighted by Crippen LogP contribution is 2.40. The van der Waals surface area contributed by atoms with Gasteiger partial charge in [0.2, 0.25) is 0 Å². The number of carbonyl (C=O) groups is 2. The molecule has 2 rings (SSSR count). The van der Waals surface area contributed by atoms with Crippen LogP contribution >= 0.6 is 0 Å². The van der Waals surface area contributed by atoms with E-state index in [4.69, 9.17) is 0 Å². The molecule has 6 heteroatoms. The number of phenols is 1. The van der Waals surface area contributed by atoms with Gasteiger partial charge in [-0.15, -0.1) is 0 Å². The molecule has 0 aliphatic heterocycles. The molecule has 2 aromatic carbocycles. The second-order valence-corrected chi connectivity index (χ2v) is 5.83. The summed E-state index contributed by atoms with van der Waals surface area (Å²) in [5.74, 6) is -1.40. The average molecular weight is 350 g/mol. The average Bonchev–Trinajstić information content (AvgIpc) is 2.59. The highest BCUT2D eigenvalue weighted by atomic mass is 19.4. The summed E-state index contributed by atoms with van der Waals surface area (Å²) < 4.78 is 39.3. The van der Waals surface area contributed by atoms with Gasteiger partial charge in [0.05, 0.1) is 11.1 Å². The molecule has 0 saturated heterocycles. The maximum atomic E-state index is 13.1. The van der Waals surface area contributed by atoms with Crippen molar-refractivity contribution in [1.29, 1.82) is 0 Å². The zero-order valence-corrected chi connectivity index (χ0v) is 13.7. The second-order valence-electron chi connectivity index (χ2n) is 5.83. The Bertz CT molecular complexity index is 810. The Morgan fingerprint density at radius 2 is 1.88 bits per heavy atom. The predicted octanol–water partition coefficient (Wildman–Crippen LogP) is 5.12. The maximum Gasteiger partial charge on any atom is 0.420 e. The van der Waals surface area contributed by atoms with E-state index in [9.17, 15) is 27.9 Å². The largest absolute Gasteiger partial charge is 0.507 e. The molecule has 2 aromatic rings. The minimum absolute atomic E-state index is 0.102. The van der Waals surface area contributed by atoms with E-state index in [0.29, 0.717) is 17.5 Å². The van der Waals surface area contributed by atoms with Crippen molar-refractivity contribution in [3.8, 4) is 16.9 Å². The molecule has 3 nitrogen and oxygen atoms in total. The SMILES string of the molecule is CCC(C)C(=O)c1cccc(-c2cc(C=O)c(O)c(C(F)(F)F)c2)c1. The summed E-state index contributed by atoms with van der Waals surface area (Å²) in [6.45, 7) is 3.65. The lowest BCUT2D eigenvalue weighted by Crippen LogP contribution is -2.10. The highest BCUT2D eigenvalue weighted by Gasteiger charge is 2.35. The van der Waals surface area contributed by atoms with Crippen molar-refractivity contribution in [1.82, 2.24) is 0 Å². The van der Waals surface area contributed by atoms with E-state index in [-0.39, 0.29) is 23.6 Å². The fraction of sp³-hybridized carbons (Fsp3) is 0.263. The van der Waals surface area contributed by atoms with Crippen molar-refractivity contribution in [2.24, 2.45) is 5.92 Å². The van der Waals surface area contributed by atoms with Crippen LogP contribution in [0.25, 0.3) is 11.1 Å². The van der Waals surface area contributed by atoms with Gasteiger partial charge in [-0.05, 0) is 35.7 Å². The molecular weight excluding hydrogens is 333 g/mol. The quantitative estimate of drug-likeness (QED) is 0.601. The smallest absolute Gasteiger partial charge is 0.420 e. The van der Waals surface area contributed by atoms with Crippen molar-refractivity contribution in [2.45, 2.75) is 26.4 Å². The Kier molecular flexibility index (Phi) is 5.30. The van der Waals surface area contributed by atoms with Crippen LogP contribution < -0.4 is 0 Å². The van der Waals surface area contributed by atoms with E-state index < -0.39 is 23.1 Å². The van der Waals surface area contributed by atoms with E-state index in [1.54, 1.807) is 25.1 Å². The van der Waals surface area contributed by atoms with Gasteiger partial charge in [0.1, 0.15) is 5.75 Å². The molecule has 0 amide bonds. The molecule has 1 atom stereocenters. The molecular formula is C19H17F3O3.